The van der Waals surface area contributed by atoms with Gasteiger partial charge in [0.15, 0.2) is 5.82 Å². The molecule has 0 radical (unpaired) electrons. The fourth-order valence-corrected chi connectivity index (χ4v) is 4.05. The molecule has 1 atom stereocenters. The summed E-state index contributed by atoms with van der Waals surface area (Å²) in [6.07, 6.45) is 1.45. The minimum Gasteiger partial charge on any atom is -0.383 e. The third kappa shape index (κ3) is 4.39. The van der Waals surface area contributed by atoms with Crippen molar-refractivity contribution in [1.82, 2.24) is 40.1 Å². The van der Waals surface area contributed by atoms with Crippen LogP contribution in [0.3, 0.4) is 0 Å². The molecule has 0 spiro atoms. The Morgan fingerprint density at radius 1 is 1.28 bits per heavy atom. The average molecular weight is 441 g/mol. The number of tetrazole rings is 1. The van der Waals surface area contributed by atoms with Crippen molar-refractivity contribution in [1.29, 1.82) is 0 Å². The van der Waals surface area contributed by atoms with Gasteiger partial charge in [0.2, 0.25) is 17.6 Å². The van der Waals surface area contributed by atoms with Gasteiger partial charge in [0.05, 0.1) is 13.2 Å². The molecule has 0 N–H and O–H groups in total. The maximum atomic E-state index is 13.0. The molecule has 0 bridgehead atoms. The number of likely N-dealkylation sites (N-methyl/N-ethyl adjacent to an activating group) is 1. The molecule has 32 heavy (non-hydrogen) atoms. The first-order valence-electron chi connectivity index (χ1n) is 10.6. The number of rotatable bonds is 9. The molecule has 1 aliphatic heterocycles. The normalized spacial score (nSPS) is 18.6. The van der Waals surface area contributed by atoms with Crippen LogP contribution in [0.1, 0.15) is 24.6 Å². The second kappa shape index (κ2) is 9.53. The third-order valence-electron chi connectivity index (χ3n) is 5.96. The zero-order valence-corrected chi connectivity index (χ0v) is 18.6. The van der Waals surface area contributed by atoms with Crippen molar-refractivity contribution in [2.45, 2.75) is 31.3 Å². The fourth-order valence-electron chi connectivity index (χ4n) is 4.05. The molecule has 11 nitrogen and oxygen atoms in total. The van der Waals surface area contributed by atoms with Crippen molar-refractivity contribution in [3.8, 4) is 11.4 Å². The predicted molar refractivity (Wildman–Crippen MR) is 114 cm³/mol. The van der Waals surface area contributed by atoms with E-state index < -0.39 is 5.54 Å². The van der Waals surface area contributed by atoms with Crippen molar-refractivity contribution in [2.75, 3.05) is 40.9 Å². The SMILES string of the molecule is COCCn1nnnc1C1(N(C)C)CCN(C(=O)CCc2nc(-c3ccccc3)no2)C1. The quantitative estimate of drug-likeness (QED) is 0.480. The number of nitrogens with zero attached hydrogens (tertiary/aromatic N) is 8. The van der Waals surface area contributed by atoms with E-state index in [1.165, 1.54) is 0 Å². The molecule has 1 amide bonds. The van der Waals surface area contributed by atoms with Gasteiger partial charge in [-0.2, -0.15) is 4.98 Å². The zero-order valence-electron chi connectivity index (χ0n) is 18.6. The average Bonchev–Trinajstić information content (AvgIpc) is 3.56. The molecule has 4 rings (SSSR count). The highest BCUT2D eigenvalue weighted by molar-refractivity contribution is 5.77. The summed E-state index contributed by atoms with van der Waals surface area (Å²) in [5, 5.41) is 16.3. The van der Waals surface area contributed by atoms with Gasteiger partial charge < -0.3 is 14.2 Å². The number of carbonyl (C=O) groups is 1. The molecule has 3 heterocycles. The van der Waals surface area contributed by atoms with Crippen LogP contribution in [0, 0.1) is 0 Å². The molecule has 11 heteroatoms. The van der Waals surface area contributed by atoms with Crippen molar-refractivity contribution in [3.63, 3.8) is 0 Å². The Morgan fingerprint density at radius 2 is 2.09 bits per heavy atom. The summed E-state index contributed by atoms with van der Waals surface area (Å²) in [4.78, 5) is 21.4. The largest absolute Gasteiger partial charge is 0.383 e. The third-order valence-corrected chi connectivity index (χ3v) is 5.96. The van der Waals surface area contributed by atoms with Gasteiger partial charge in [-0.1, -0.05) is 35.5 Å². The number of amides is 1. The molecule has 3 aromatic rings. The fraction of sp³-hybridized carbons (Fsp3) is 0.524. The van der Waals surface area contributed by atoms with Crippen LogP contribution in [0.2, 0.25) is 0 Å². The Hall–Kier alpha value is -3.18. The van der Waals surface area contributed by atoms with Crippen LogP contribution in [-0.2, 0) is 28.0 Å². The second-order valence-corrected chi connectivity index (χ2v) is 8.09. The first-order valence-corrected chi connectivity index (χ1v) is 10.6. The summed E-state index contributed by atoms with van der Waals surface area (Å²) < 4.78 is 12.3. The molecule has 1 fully saturated rings. The zero-order chi connectivity index (χ0) is 22.6. The number of ether oxygens (including phenoxy) is 1. The summed E-state index contributed by atoms with van der Waals surface area (Å²) in [7, 11) is 5.63. The van der Waals surface area contributed by atoms with E-state index in [4.69, 9.17) is 9.26 Å². The van der Waals surface area contributed by atoms with E-state index >= 15 is 0 Å². The lowest BCUT2D eigenvalue weighted by molar-refractivity contribution is -0.130. The van der Waals surface area contributed by atoms with E-state index in [9.17, 15) is 4.79 Å². The van der Waals surface area contributed by atoms with E-state index in [1.807, 2.05) is 49.3 Å². The van der Waals surface area contributed by atoms with Crippen LogP contribution >= 0.6 is 0 Å². The van der Waals surface area contributed by atoms with E-state index in [0.29, 0.717) is 50.8 Å². The Labute approximate surface area is 186 Å². The van der Waals surface area contributed by atoms with Crippen molar-refractivity contribution in [2.24, 2.45) is 0 Å². The predicted octanol–water partition coefficient (Wildman–Crippen LogP) is 0.992. The lowest BCUT2D eigenvalue weighted by atomic mass is 9.96. The molecule has 170 valence electrons. The minimum atomic E-state index is -0.447. The van der Waals surface area contributed by atoms with Gasteiger partial charge in [0.1, 0.15) is 5.54 Å². The molecule has 1 aliphatic rings. The topological polar surface area (TPSA) is 115 Å². The van der Waals surface area contributed by atoms with Crippen molar-refractivity contribution >= 4 is 5.91 Å². The van der Waals surface area contributed by atoms with Crippen LogP contribution in [-0.4, -0.2) is 87.0 Å². The van der Waals surface area contributed by atoms with Gasteiger partial charge in [-0.05, 0) is 30.9 Å². The molecule has 2 aromatic heterocycles. The number of aryl methyl sites for hydroxylation is 1. The molecule has 0 saturated carbocycles. The van der Waals surface area contributed by atoms with Crippen molar-refractivity contribution in [3.05, 3.63) is 42.0 Å². The number of hydrogen-bond donors (Lipinski definition) is 0. The second-order valence-electron chi connectivity index (χ2n) is 8.09. The molecule has 1 saturated heterocycles. The van der Waals surface area contributed by atoms with Gasteiger partial charge in [0, 0.05) is 38.6 Å². The van der Waals surface area contributed by atoms with Gasteiger partial charge >= 0.3 is 0 Å². The maximum absolute atomic E-state index is 13.0. The highest BCUT2D eigenvalue weighted by Crippen LogP contribution is 2.35. The molecular formula is C21H28N8O3. The number of methoxy groups -OCH3 is 1. The summed E-state index contributed by atoms with van der Waals surface area (Å²) >= 11 is 0. The number of hydrogen-bond acceptors (Lipinski definition) is 9. The van der Waals surface area contributed by atoms with Crippen LogP contribution in [0.25, 0.3) is 11.4 Å². The molecule has 0 aliphatic carbocycles. The minimum absolute atomic E-state index is 0.0455. The Morgan fingerprint density at radius 3 is 2.84 bits per heavy atom. The monoisotopic (exact) mass is 440 g/mol. The highest BCUT2D eigenvalue weighted by Gasteiger charge is 2.47. The lowest BCUT2D eigenvalue weighted by Gasteiger charge is -2.34. The van der Waals surface area contributed by atoms with E-state index in [-0.39, 0.29) is 5.91 Å². The molecular weight excluding hydrogens is 412 g/mol. The van der Waals surface area contributed by atoms with Crippen molar-refractivity contribution < 1.29 is 14.1 Å². The molecule has 1 unspecified atom stereocenters. The highest BCUT2D eigenvalue weighted by atomic mass is 16.5. The van der Waals surface area contributed by atoms with Crippen LogP contribution in [0.15, 0.2) is 34.9 Å². The van der Waals surface area contributed by atoms with E-state index in [0.717, 1.165) is 17.8 Å². The van der Waals surface area contributed by atoms with Gasteiger partial charge in [-0.25, -0.2) is 4.68 Å². The maximum Gasteiger partial charge on any atom is 0.227 e. The Balaban J connectivity index is 1.40. The number of likely N-dealkylation sites (tertiary alicyclic amines) is 1. The smallest absolute Gasteiger partial charge is 0.227 e. The molecule has 1 aromatic carbocycles. The van der Waals surface area contributed by atoms with Crippen LogP contribution in [0.4, 0.5) is 0 Å². The van der Waals surface area contributed by atoms with Gasteiger partial charge in [-0.15, -0.1) is 5.10 Å². The summed E-state index contributed by atoms with van der Waals surface area (Å²) in [5.41, 5.74) is 0.438. The van der Waals surface area contributed by atoms with Crippen LogP contribution in [0.5, 0.6) is 0 Å². The summed E-state index contributed by atoms with van der Waals surface area (Å²) in [6, 6.07) is 9.62. The van der Waals surface area contributed by atoms with E-state index in [2.05, 4.69) is 30.6 Å². The number of aromatic nitrogens is 6. The van der Waals surface area contributed by atoms with Gasteiger partial charge in [0.25, 0.3) is 0 Å². The summed E-state index contributed by atoms with van der Waals surface area (Å²) in [5.74, 6) is 1.78. The first kappa shape index (κ1) is 22.0. The summed E-state index contributed by atoms with van der Waals surface area (Å²) in [6.45, 7) is 2.22. The Kier molecular flexibility index (Phi) is 6.56. The standard InChI is InChI=1S/C21H28N8O3/c1-27(2)21(20-23-25-26-29(20)13-14-31-3)11-12-28(15-21)18(30)10-9-17-22-19(24-32-17)16-7-5-4-6-8-16/h4-8H,9-15H2,1-3H3. The van der Waals surface area contributed by atoms with Gasteiger partial charge in [-0.3, -0.25) is 9.69 Å². The number of benzene rings is 1. The first-order chi connectivity index (χ1) is 15.5. The lowest BCUT2D eigenvalue weighted by Crippen LogP contribution is -2.47. The number of carbonyl (C=O) groups excluding carboxylic acids is 1. The van der Waals surface area contributed by atoms with E-state index in [1.54, 1.807) is 11.8 Å². The van der Waals surface area contributed by atoms with Crippen LogP contribution < -0.4 is 0 Å². The Bertz CT molecular complexity index is 1030.